The molecule has 1 N–H and O–H groups in total. The average Bonchev–Trinajstić information content (AvgIpc) is 2.42. The monoisotopic (exact) mass is 319 g/mol. The zero-order valence-corrected chi connectivity index (χ0v) is 12.8. The Labute approximate surface area is 122 Å². The van der Waals surface area contributed by atoms with Crippen molar-refractivity contribution in [1.29, 1.82) is 0 Å². The van der Waals surface area contributed by atoms with Gasteiger partial charge in [-0.25, -0.2) is 0 Å². The topological polar surface area (TPSA) is 21.3 Å². The van der Waals surface area contributed by atoms with Gasteiger partial charge in [-0.05, 0) is 47.0 Å². The second kappa shape index (κ2) is 6.62. The molecule has 0 bridgehead atoms. The summed E-state index contributed by atoms with van der Waals surface area (Å²) in [4.78, 5) is 0. The molecule has 0 fully saturated rings. The van der Waals surface area contributed by atoms with E-state index in [0.29, 0.717) is 6.04 Å². The van der Waals surface area contributed by atoms with E-state index >= 15 is 0 Å². The first-order valence-electron chi connectivity index (χ1n) is 6.33. The van der Waals surface area contributed by atoms with Gasteiger partial charge in [0.25, 0.3) is 0 Å². The zero-order valence-electron chi connectivity index (χ0n) is 11.2. The molecule has 0 spiro atoms. The molecule has 1 atom stereocenters. The van der Waals surface area contributed by atoms with Crippen LogP contribution in [0.25, 0.3) is 0 Å². The van der Waals surface area contributed by atoms with Crippen molar-refractivity contribution in [2.24, 2.45) is 0 Å². The van der Waals surface area contributed by atoms with E-state index in [2.05, 4.69) is 52.4 Å². The van der Waals surface area contributed by atoms with Crippen LogP contribution in [0.2, 0.25) is 0 Å². The molecule has 0 saturated carbocycles. The molecule has 0 amide bonds. The Morgan fingerprint density at radius 2 is 1.89 bits per heavy atom. The first-order valence-corrected chi connectivity index (χ1v) is 7.12. The maximum absolute atomic E-state index is 5.30. The van der Waals surface area contributed by atoms with Crippen LogP contribution < -0.4 is 10.1 Å². The summed E-state index contributed by atoms with van der Waals surface area (Å²) in [6.07, 6.45) is 0.999. The number of nitrogens with one attached hydrogen (secondary N) is 1. The fraction of sp³-hybridized carbons (Fsp3) is 0.250. The molecule has 0 aliphatic carbocycles. The highest BCUT2D eigenvalue weighted by Crippen LogP contribution is 2.28. The highest BCUT2D eigenvalue weighted by atomic mass is 79.9. The molecule has 0 heterocycles. The van der Waals surface area contributed by atoms with Crippen LogP contribution in [0.15, 0.2) is 53.0 Å². The molecule has 0 aliphatic rings. The third-order valence-electron chi connectivity index (χ3n) is 2.95. The summed E-state index contributed by atoms with van der Waals surface area (Å²) < 4.78 is 6.27. The first kappa shape index (κ1) is 13.9. The van der Waals surface area contributed by atoms with E-state index in [0.717, 1.165) is 22.3 Å². The fourth-order valence-electron chi connectivity index (χ4n) is 2.05. The summed E-state index contributed by atoms with van der Waals surface area (Å²) in [5.41, 5.74) is 2.41. The quantitative estimate of drug-likeness (QED) is 0.876. The summed E-state index contributed by atoms with van der Waals surface area (Å²) in [6.45, 7) is 2.18. The molecular formula is C16H18BrNO. The molecule has 2 rings (SSSR count). The second-order valence-corrected chi connectivity index (χ2v) is 5.44. The van der Waals surface area contributed by atoms with Crippen molar-refractivity contribution in [2.75, 3.05) is 12.4 Å². The number of ether oxygens (including phenoxy) is 1. The number of hydrogen-bond acceptors (Lipinski definition) is 2. The van der Waals surface area contributed by atoms with Crippen LogP contribution in [0.4, 0.5) is 5.69 Å². The van der Waals surface area contributed by atoms with Crippen molar-refractivity contribution < 1.29 is 4.74 Å². The van der Waals surface area contributed by atoms with Gasteiger partial charge in [-0.1, -0.05) is 30.3 Å². The van der Waals surface area contributed by atoms with Gasteiger partial charge in [0.2, 0.25) is 0 Å². The third kappa shape index (κ3) is 4.00. The van der Waals surface area contributed by atoms with Crippen molar-refractivity contribution in [2.45, 2.75) is 19.4 Å². The van der Waals surface area contributed by atoms with E-state index in [1.165, 1.54) is 5.56 Å². The van der Waals surface area contributed by atoms with Gasteiger partial charge in [0, 0.05) is 17.8 Å². The van der Waals surface area contributed by atoms with Crippen LogP contribution >= 0.6 is 15.9 Å². The lowest BCUT2D eigenvalue weighted by atomic mass is 10.1. The Kier molecular flexibility index (Phi) is 4.86. The van der Waals surface area contributed by atoms with Gasteiger partial charge in [-0.3, -0.25) is 0 Å². The normalized spacial score (nSPS) is 11.9. The number of methoxy groups -OCH3 is 1. The molecule has 3 heteroatoms. The molecule has 100 valence electrons. The molecular weight excluding hydrogens is 302 g/mol. The van der Waals surface area contributed by atoms with E-state index in [9.17, 15) is 0 Å². The lowest BCUT2D eigenvalue weighted by molar-refractivity contribution is 0.412. The van der Waals surface area contributed by atoms with Gasteiger partial charge in [-0.15, -0.1) is 0 Å². The summed E-state index contributed by atoms with van der Waals surface area (Å²) in [5, 5.41) is 3.49. The van der Waals surface area contributed by atoms with Crippen molar-refractivity contribution in [3.8, 4) is 5.75 Å². The molecule has 2 nitrogen and oxygen atoms in total. The van der Waals surface area contributed by atoms with Crippen LogP contribution in [0.3, 0.4) is 0 Å². The number of benzene rings is 2. The maximum atomic E-state index is 5.30. The molecule has 0 aromatic heterocycles. The lowest BCUT2D eigenvalue weighted by Gasteiger charge is -2.16. The minimum Gasteiger partial charge on any atom is -0.495 e. The van der Waals surface area contributed by atoms with Crippen LogP contribution in [0, 0.1) is 0 Å². The molecule has 2 aromatic carbocycles. The van der Waals surface area contributed by atoms with Crippen LogP contribution in [0.5, 0.6) is 5.75 Å². The smallest absolute Gasteiger partial charge is 0.135 e. The SMILES string of the molecule is COc1cc(NC(C)Cc2ccccc2)ccc1Br. The largest absolute Gasteiger partial charge is 0.495 e. The van der Waals surface area contributed by atoms with E-state index in [1.54, 1.807) is 7.11 Å². The predicted octanol–water partition coefficient (Wildman–Crippen LogP) is 4.50. The van der Waals surface area contributed by atoms with E-state index in [1.807, 2.05) is 24.3 Å². The van der Waals surface area contributed by atoms with Crippen molar-refractivity contribution in [3.63, 3.8) is 0 Å². The van der Waals surface area contributed by atoms with Crippen molar-refractivity contribution in [1.82, 2.24) is 0 Å². The second-order valence-electron chi connectivity index (χ2n) is 4.58. The van der Waals surface area contributed by atoms with Gasteiger partial charge in [0.1, 0.15) is 5.75 Å². The fourth-order valence-corrected chi connectivity index (χ4v) is 2.46. The number of anilines is 1. The number of halogens is 1. The van der Waals surface area contributed by atoms with Crippen LogP contribution in [-0.4, -0.2) is 13.2 Å². The third-order valence-corrected chi connectivity index (χ3v) is 3.60. The summed E-state index contributed by atoms with van der Waals surface area (Å²) in [5.74, 6) is 0.844. The molecule has 0 radical (unpaired) electrons. The highest BCUT2D eigenvalue weighted by molar-refractivity contribution is 9.10. The van der Waals surface area contributed by atoms with Crippen LogP contribution in [-0.2, 0) is 6.42 Å². The Morgan fingerprint density at radius 3 is 2.58 bits per heavy atom. The first-order chi connectivity index (χ1) is 9.19. The summed E-state index contributed by atoms with van der Waals surface area (Å²) >= 11 is 3.46. The standard InChI is InChI=1S/C16H18BrNO/c1-12(10-13-6-4-3-5-7-13)18-14-8-9-15(17)16(11-14)19-2/h3-9,11-12,18H,10H2,1-2H3. The minimum absolute atomic E-state index is 0.369. The summed E-state index contributed by atoms with van der Waals surface area (Å²) in [6, 6.07) is 16.9. The Balaban J connectivity index is 2.01. The van der Waals surface area contributed by atoms with Gasteiger partial charge in [-0.2, -0.15) is 0 Å². The number of hydrogen-bond donors (Lipinski definition) is 1. The summed E-state index contributed by atoms with van der Waals surface area (Å²) in [7, 11) is 1.68. The zero-order chi connectivity index (χ0) is 13.7. The van der Waals surface area contributed by atoms with E-state index < -0.39 is 0 Å². The minimum atomic E-state index is 0.369. The lowest BCUT2D eigenvalue weighted by Crippen LogP contribution is -2.17. The predicted molar refractivity (Wildman–Crippen MR) is 83.9 cm³/mol. The van der Waals surface area contributed by atoms with Gasteiger partial charge >= 0.3 is 0 Å². The highest BCUT2D eigenvalue weighted by Gasteiger charge is 2.06. The average molecular weight is 320 g/mol. The van der Waals surface area contributed by atoms with E-state index in [4.69, 9.17) is 4.74 Å². The molecule has 19 heavy (non-hydrogen) atoms. The molecule has 0 saturated heterocycles. The molecule has 2 aromatic rings. The van der Waals surface area contributed by atoms with Crippen molar-refractivity contribution >= 4 is 21.6 Å². The number of rotatable bonds is 5. The Bertz CT molecular complexity index is 528. The maximum Gasteiger partial charge on any atom is 0.135 e. The van der Waals surface area contributed by atoms with Gasteiger partial charge < -0.3 is 10.1 Å². The molecule has 0 aliphatic heterocycles. The van der Waals surface area contributed by atoms with Gasteiger partial charge in [0.05, 0.1) is 11.6 Å². The Morgan fingerprint density at radius 1 is 1.16 bits per heavy atom. The van der Waals surface area contributed by atoms with Crippen LogP contribution in [0.1, 0.15) is 12.5 Å². The molecule has 1 unspecified atom stereocenters. The Hall–Kier alpha value is -1.48. The van der Waals surface area contributed by atoms with E-state index in [-0.39, 0.29) is 0 Å². The van der Waals surface area contributed by atoms with Gasteiger partial charge in [0.15, 0.2) is 0 Å². The van der Waals surface area contributed by atoms with Crippen molar-refractivity contribution in [3.05, 3.63) is 58.6 Å².